The van der Waals surface area contributed by atoms with Crippen LogP contribution in [0, 0.1) is 0 Å². The van der Waals surface area contributed by atoms with Crippen LogP contribution in [-0.4, -0.2) is 69.0 Å². The van der Waals surface area contributed by atoms with Crippen molar-refractivity contribution in [2.24, 2.45) is 10.9 Å². The van der Waals surface area contributed by atoms with Gasteiger partial charge in [0.1, 0.15) is 28.9 Å². The van der Waals surface area contributed by atoms with Crippen molar-refractivity contribution in [2.75, 3.05) is 11.1 Å². The predicted molar refractivity (Wildman–Crippen MR) is 190 cm³/mol. The number of carbonyl (C=O) groups excluding carboxylic acids is 5. The average molecular weight is 739 g/mol. The Bertz CT molecular complexity index is 2030. The van der Waals surface area contributed by atoms with Crippen molar-refractivity contribution in [3.8, 4) is 0 Å². The molecular formula is C36H32N7O7S2+. The van der Waals surface area contributed by atoms with Gasteiger partial charge in [0.05, 0.1) is 5.56 Å². The first-order chi connectivity index (χ1) is 25.3. The molecule has 3 aliphatic rings. The number of rotatable bonds is 14. The summed E-state index contributed by atoms with van der Waals surface area (Å²) < 4.78 is 8.02. The predicted octanol–water partition coefficient (Wildman–Crippen LogP) is 2.67. The number of anilines is 1. The summed E-state index contributed by atoms with van der Waals surface area (Å²) in [5.41, 5.74) is 7.96. The van der Waals surface area contributed by atoms with Crippen molar-refractivity contribution < 1.29 is 38.1 Å². The van der Waals surface area contributed by atoms with Crippen LogP contribution in [0.3, 0.4) is 0 Å². The molecule has 0 unspecified atom stereocenters. The van der Waals surface area contributed by atoms with Crippen LogP contribution in [0.4, 0.5) is 5.13 Å². The molecule has 1 aliphatic carbocycles. The molecule has 1 saturated carbocycles. The van der Waals surface area contributed by atoms with Crippen LogP contribution in [-0.2, 0) is 35.3 Å². The van der Waals surface area contributed by atoms with Crippen molar-refractivity contribution in [3.63, 3.8) is 0 Å². The third kappa shape index (κ3) is 7.43. The van der Waals surface area contributed by atoms with Gasteiger partial charge in [-0.25, -0.2) is 14.3 Å². The summed E-state index contributed by atoms with van der Waals surface area (Å²) >= 11 is 2.49. The molecule has 0 spiro atoms. The zero-order valence-corrected chi connectivity index (χ0v) is 29.0. The highest BCUT2D eigenvalue weighted by molar-refractivity contribution is 8.00. The van der Waals surface area contributed by atoms with Gasteiger partial charge >= 0.3 is 5.97 Å². The summed E-state index contributed by atoms with van der Waals surface area (Å²) in [6.45, 7) is 0.210. The summed E-state index contributed by atoms with van der Waals surface area (Å²) in [6.07, 6.45) is 4.54. The van der Waals surface area contributed by atoms with Gasteiger partial charge in [0, 0.05) is 28.8 Å². The monoisotopic (exact) mass is 738 g/mol. The third-order valence-corrected chi connectivity index (χ3v) is 10.6. The second-order valence-corrected chi connectivity index (χ2v) is 14.1. The Kier molecular flexibility index (Phi) is 10.1. The Morgan fingerprint density at radius 3 is 2.33 bits per heavy atom. The molecule has 0 bridgehead atoms. The molecule has 14 nitrogen and oxygen atoms in total. The number of hydrogen-bond acceptors (Lipinski definition) is 11. The maximum absolute atomic E-state index is 14.4. The summed E-state index contributed by atoms with van der Waals surface area (Å²) in [7, 11) is 0. The molecule has 2 fully saturated rings. The SMILES string of the molecule is NC(=O)c1cc[n+](CC2=C(C(=O)OC(c3ccccc3)c3ccccc3)N3C(=O)[C@@H](NC(=O)C(=NOC4CC4)c4csc(NC=O)n4)[C@H]3SC2)cc1. The average Bonchev–Trinajstić information content (AvgIpc) is 3.89. The Morgan fingerprint density at radius 2 is 1.71 bits per heavy atom. The summed E-state index contributed by atoms with van der Waals surface area (Å²) in [6, 6.07) is 20.8. The number of nitrogens with one attached hydrogen (secondary N) is 2. The molecule has 2 atom stereocenters. The van der Waals surface area contributed by atoms with Crippen molar-refractivity contribution in [2.45, 2.75) is 43.0 Å². The summed E-state index contributed by atoms with van der Waals surface area (Å²) in [4.78, 5) is 75.7. The number of thioether (sulfide) groups is 1. The highest BCUT2D eigenvalue weighted by atomic mass is 32.2. The molecule has 2 aromatic heterocycles. The number of nitrogens with zero attached hydrogens (tertiary/aromatic N) is 4. The Balaban J connectivity index is 1.18. The highest BCUT2D eigenvalue weighted by Gasteiger charge is 2.55. The number of esters is 1. The van der Waals surface area contributed by atoms with E-state index in [-0.39, 0.29) is 34.9 Å². The first kappa shape index (κ1) is 34.6. The van der Waals surface area contributed by atoms with E-state index in [9.17, 15) is 24.0 Å². The van der Waals surface area contributed by atoms with Gasteiger partial charge in [0.2, 0.25) is 12.3 Å². The van der Waals surface area contributed by atoms with Crippen LogP contribution in [0.15, 0.2) is 107 Å². The van der Waals surface area contributed by atoms with E-state index in [0.29, 0.717) is 23.3 Å². The van der Waals surface area contributed by atoms with Crippen LogP contribution >= 0.6 is 23.1 Å². The number of thiazole rings is 1. The van der Waals surface area contributed by atoms with E-state index >= 15 is 0 Å². The number of β-lactam (4-membered cyclic amide) rings is 1. The molecule has 52 heavy (non-hydrogen) atoms. The first-order valence-electron chi connectivity index (χ1n) is 16.3. The van der Waals surface area contributed by atoms with E-state index < -0.39 is 41.2 Å². The summed E-state index contributed by atoms with van der Waals surface area (Å²) in [5, 5.41) is 10.5. The van der Waals surface area contributed by atoms with E-state index in [0.717, 1.165) is 35.3 Å². The zero-order chi connectivity index (χ0) is 36.2. The Hall–Kier alpha value is -5.87. The molecule has 4 amide bonds. The first-order valence-corrected chi connectivity index (χ1v) is 18.2. The number of ether oxygens (including phenoxy) is 1. The van der Waals surface area contributed by atoms with Gasteiger partial charge < -0.3 is 25.9 Å². The fraction of sp³-hybridized carbons (Fsp3) is 0.222. The van der Waals surface area contributed by atoms with Gasteiger partial charge in [-0.2, -0.15) is 0 Å². The van der Waals surface area contributed by atoms with E-state index in [4.69, 9.17) is 15.3 Å². The highest BCUT2D eigenvalue weighted by Crippen LogP contribution is 2.42. The smallest absolute Gasteiger partial charge is 0.356 e. The molecule has 7 rings (SSSR count). The number of primary amides is 1. The van der Waals surface area contributed by atoms with Gasteiger partial charge in [-0.05, 0) is 24.0 Å². The van der Waals surface area contributed by atoms with Crippen LogP contribution in [0.1, 0.15) is 46.1 Å². The van der Waals surface area contributed by atoms with Crippen molar-refractivity contribution >= 4 is 64.0 Å². The normalized spacial score (nSPS) is 18.3. The van der Waals surface area contributed by atoms with E-state index in [2.05, 4.69) is 20.8 Å². The van der Waals surface area contributed by atoms with E-state index in [1.54, 1.807) is 34.5 Å². The van der Waals surface area contributed by atoms with Crippen LogP contribution in [0.2, 0.25) is 0 Å². The van der Waals surface area contributed by atoms with Gasteiger partial charge in [-0.15, -0.1) is 23.1 Å². The van der Waals surface area contributed by atoms with E-state index in [1.165, 1.54) is 16.7 Å². The molecule has 4 aromatic rings. The largest absolute Gasteiger partial charge is 0.448 e. The summed E-state index contributed by atoms with van der Waals surface area (Å²) in [5.74, 6) is -2.15. The molecule has 1 saturated heterocycles. The fourth-order valence-corrected chi connectivity index (χ4v) is 7.69. The minimum atomic E-state index is -0.999. The van der Waals surface area contributed by atoms with E-state index in [1.807, 2.05) is 60.7 Å². The maximum atomic E-state index is 14.4. The van der Waals surface area contributed by atoms with Crippen molar-refractivity contribution in [1.82, 2.24) is 15.2 Å². The number of aromatic nitrogens is 2. The molecule has 2 aromatic carbocycles. The van der Waals surface area contributed by atoms with Crippen molar-refractivity contribution in [1.29, 1.82) is 0 Å². The minimum Gasteiger partial charge on any atom is -0.448 e. The zero-order valence-electron chi connectivity index (χ0n) is 27.4. The van der Waals surface area contributed by atoms with Crippen LogP contribution in [0.25, 0.3) is 0 Å². The lowest BCUT2D eigenvalue weighted by Crippen LogP contribution is -2.71. The molecule has 4 N–H and O–H groups in total. The second kappa shape index (κ2) is 15.2. The molecule has 0 radical (unpaired) electrons. The van der Waals surface area contributed by atoms with Gasteiger partial charge in [0.15, 0.2) is 35.9 Å². The minimum absolute atomic E-state index is 0.0811. The number of amides is 4. The van der Waals surface area contributed by atoms with Crippen LogP contribution < -0.4 is 20.9 Å². The quantitative estimate of drug-likeness (QED) is 0.0437. The lowest BCUT2D eigenvalue weighted by molar-refractivity contribution is -0.689. The maximum Gasteiger partial charge on any atom is 0.356 e. The van der Waals surface area contributed by atoms with Crippen LogP contribution in [0.5, 0.6) is 0 Å². The number of carbonyl (C=O) groups is 5. The van der Waals surface area contributed by atoms with Gasteiger partial charge in [-0.1, -0.05) is 65.8 Å². The van der Waals surface area contributed by atoms with Gasteiger partial charge in [0.25, 0.3) is 11.8 Å². The Morgan fingerprint density at radius 1 is 1.04 bits per heavy atom. The molecule has 264 valence electrons. The topological polar surface area (TPSA) is 186 Å². The molecule has 4 heterocycles. The number of oxime groups is 1. The second-order valence-electron chi connectivity index (χ2n) is 12.1. The number of pyridine rings is 1. The lowest BCUT2D eigenvalue weighted by Gasteiger charge is -2.49. The van der Waals surface area contributed by atoms with Crippen molar-refractivity contribution in [3.05, 3.63) is 124 Å². The number of nitrogens with two attached hydrogens (primary N) is 1. The Labute approximate surface area is 305 Å². The number of hydrogen-bond donors (Lipinski definition) is 3. The van der Waals surface area contributed by atoms with Gasteiger partial charge in [-0.3, -0.25) is 24.1 Å². The third-order valence-electron chi connectivity index (χ3n) is 8.47. The lowest BCUT2D eigenvalue weighted by atomic mass is 10.0. The molecule has 16 heteroatoms. The fourth-order valence-electron chi connectivity index (χ4n) is 5.70. The standard InChI is InChI=1S/C36H31N7O7S2/c37-31(45)23-13-15-42(16-14-23)17-24-18-51-34-28(40-32(46)27(41-50-25-11-12-25)26-19-52-36(39-26)38-20-44)33(47)43(34)29(24)35(48)49-30(21-7-3-1-4-8-21)22-9-5-2-6-10-22/h1-10,13-16,19-20,25,28,30,34H,11-12,17-18H2,(H3-,37,38,39,40,44,45,46)/p+1/t28-,34-/m1/s1. The number of fused-ring (bicyclic) bond motifs is 1. The molecule has 2 aliphatic heterocycles. The number of benzene rings is 2. The molecular weight excluding hydrogens is 707 g/mol.